The minimum Gasteiger partial charge on any atom is -0.233 e. The first-order chi connectivity index (χ1) is 7.69. The van der Waals surface area contributed by atoms with Crippen LogP contribution in [0.25, 0.3) is 11.3 Å². The Bertz CT molecular complexity index is 573. The second kappa shape index (κ2) is 4.58. The first kappa shape index (κ1) is 11.0. The summed E-state index contributed by atoms with van der Waals surface area (Å²) in [6.45, 7) is 1.79. The van der Waals surface area contributed by atoms with Gasteiger partial charge in [0.15, 0.2) is 0 Å². The smallest absolute Gasteiger partial charge is 0.144 e. The molecule has 16 heavy (non-hydrogen) atoms. The summed E-state index contributed by atoms with van der Waals surface area (Å²) in [5, 5.41) is 8.85. The molecule has 4 heteroatoms. The monoisotopic (exact) mass is 321 g/mol. The lowest BCUT2D eigenvalue weighted by Crippen LogP contribution is -1.94. The Morgan fingerprint density at radius 1 is 1.25 bits per heavy atom. The van der Waals surface area contributed by atoms with Crippen LogP contribution in [0.5, 0.6) is 0 Å². The Kier molecular flexibility index (Phi) is 3.15. The quantitative estimate of drug-likeness (QED) is 0.759. The third kappa shape index (κ3) is 2.36. The molecule has 0 amide bonds. The molecule has 1 heterocycles. The van der Waals surface area contributed by atoms with E-state index in [2.05, 4.69) is 32.6 Å². The van der Waals surface area contributed by atoms with Crippen molar-refractivity contribution in [3.05, 3.63) is 45.4 Å². The zero-order valence-corrected chi connectivity index (χ0v) is 10.8. The third-order valence-electron chi connectivity index (χ3n) is 2.07. The van der Waals surface area contributed by atoms with E-state index in [-0.39, 0.29) is 0 Å². The molecule has 0 saturated carbocycles. The van der Waals surface area contributed by atoms with Crippen LogP contribution in [-0.2, 0) is 0 Å². The largest absolute Gasteiger partial charge is 0.233 e. The summed E-state index contributed by atoms with van der Waals surface area (Å²) >= 11 is 2.25. The predicted octanol–water partition coefficient (Wildman–Crippen LogP) is 2.93. The van der Waals surface area contributed by atoms with Crippen molar-refractivity contribution in [1.29, 1.82) is 5.26 Å². The van der Waals surface area contributed by atoms with E-state index >= 15 is 0 Å². The fraction of sp³-hybridized carbons (Fsp3) is 0.0833. The molecule has 0 saturated heterocycles. The predicted molar refractivity (Wildman–Crippen MR) is 69.6 cm³/mol. The van der Waals surface area contributed by atoms with E-state index in [9.17, 15) is 0 Å². The van der Waals surface area contributed by atoms with E-state index in [0.717, 1.165) is 14.8 Å². The molecular formula is C12H8IN3. The van der Waals surface area contributed by atoms with E-state index in [1.807, 2.05) is 30.3 Å². The van der Waals surface area contributed by atoms with Gasteiger partial charge in [-0.15, -0.1) is 0 Å². The first-order valence-electron chi connectivity index (χ1n) is 4.71. The van der Waals surface area contributed by atoms with Gasteiger partial charge in [0.25, 0.3) is 0 Å². The molecule has 0 aliphatic heterocycles. The fourth-order valence-electron chi connectivity index (χ4n) is 1.42. The van der Waals surface area contributed by atoms with Gasteiger partial charge in [0.05, 0.1) is 5.69 Å². The normalized spacial score (nSPS) is 9.81. The molecule has 0 fully saturated rings. The number of halogens is 1. The Labute approximate surface area is 107 Å². The SMILES string of the molecule is Cc1nc(C#N)cc(-c2cccc(I)c2)n1. The van der Waals surface area contributed by atoms with Crippen molar-refractivity contribution in [2.24, 2.45) is 0 Å². The van der Waals surface area contributed by atoms with Gasteiger partial charge in [-0.3, -0.25) is 0 Å². The molecule has 0 radical (unpaired) electrons. The van der Waals surface area contributed by atoms with Crippen molar-refractivity contribution >= 4 is 22.6 Å². The molecule has 1 aromatic heterocycles. The van der Waals surface area contributed by atoms with E-state index in [1.165, 1.54) is 0 Å². The average molecular weight is 321 g/mol. The molecule has 0 unspecified atom stereocenters. The van der Waals surface area contributed by atoms with Crippen molar-refractivity contribution in [1.82, 2.24) is 9.97 Å². The van der Waals surface area contributed by atoms with E-state index in [4.69, 9.17) is 5.26 Å². The number of rotatable bonds is 1. The van der Waals surface area contributed by atoms with Gasteiger partial charge in [-0.1, -0.05) is 12.1 Å². The molecular weight excluding hydrogens is 313 g/mol. The second-order valence-corrected chi connectivity index (χ2v) is 4.55. The summed E-state index contributed by atoms with van der Waals surface area (Å²) in [5.41, 5.74) is 2.21. The van der Waals surface area contributed by atoms with Gasteiger partial charge >= 0.3 is 0 Å². The number of benzene rings is 1. The van der Waals surface area contributed by atoms with Gasteiger partial charge in [0.2, 0.25) is 0 Å². The van der Waals surface area contributed by atoms with Crippen molar-refractivity contribution in [3.8, 4) is 17.3 Å². The van der Waals surface area contributed by atoms with Crippen molar-refractivity contribution in [2.75, 3.05) is 0 Å². The van der Waals surface area contributed by atoms with Crippen molar-refractivity contribution in [2.45, 2.75) is 6.92 Å². The average Bonchev–Trinajstić information content (AvgIpc) is 2.28. The molecule has 0 bridgehead atoms. The summed E-state index contributed by atoms with van der Waals surface area (Å²) in [7, 11) is 0. The van der Waals surface area contributed by atoms with Gasteiger partial charge in [-0.05, 0) is 41.6 Å². The summed E-state index contributed by atoms with van der Waals surface area (Å²) in [5.74, 6) is 0.618. The van der Waals surface area contributed by atoms with E-state index in [1.54, 1.807) is 13.0 Å². The molecule has 1 aromatic carbocycles. The lowest BCUT2D eigenvalue weighted by atomic mass is 10.1. The number of hydrogen-bond donors (Lipinski definition) is 0. The molecule has 3 nitrogen and oxygen atoms in total. The van der Waals surface area contributed by atoms with Gasteiger partial charge in [-0.2, -0.15) is 5.26 Å². The highest BCUT2D eigenvalue weighted by Gasteiger charge is 2.04. The Balaban J connectivity index is 2.56. The second-order valence-electron chi connectivity index (χ2n) is 3.31. The standard InChI is InChI=1S/C12H8IN3/c1-8-15-11(7-14)6-12(16-8)9-3-2-4-10(13)5-9/h2-6H,1H3. The fourth-order valence-corrected chi connectivity index (χ4v) is 1.96. The van der Waals surface area contributed by atoms with Gasteiger partial charge < -0.3 is 0 Å². The number of aryl methyl sites for hydroxylation is 1. The lowest BCUT2D eigenvalue weighted by molar-refractivity contribution is 1.04. The van der Waals surface area contributed by atoms with Crippen LogP contribution in [0, 0.1) is 21.8 Å². The summed E-state index contributed by atoms with van der Waals surface area (Å²) in [6.07, 6.45) is 0. The maximum atomic E-state index is 8.85. The maximum Gasteiger partial charge on any atom is 0.144 e. The number of nitrogens with zero attached hydrogens (tertiary/aromatic N) is 3. The van der Waals surface area contributed by atoms with Crippen LogP contribution in [0.4, 0.5) is 0 Å². The third-order valence-corrected chi connectivity index (χ3v) is 2.74. The maximum absolute atomic E-state index is 8.85. The highest BCUT2D eigenvalue weighted by Crippen LogP contribution is 2.19. The minimum absolute atomic E-state index is 0.404. The van der Waals surface area contributed by atoms with Crippen LogP contribution in [-0.4, -0.2) is 9.97 Å². The molecule has 78 valence electrons. The van der Waals surface area contributed by atoms with E-state index < -0.39 is 0 Å². The molecule has 2 aromatic rings. The Hall–Kier alpha value is -1.48. The molecule has 0 aliphatic rings. The summed E-state index contributed by atoms with van der Waals surface area (Å²) in [4.78, 5) is 8.35. The molecule has 2 rings (SSSR count). The van der Waals surface area contributed by atoms with Gasteiger partial charge in [0, 0.05) is 15.2 Å². The Morgan fingerprint density at radius 2 is 2.06 bits per heavy atom. The first-order valence-corrected chi connectivity index (χ1v) is 5.78. The van der Waals surface area contributed by atoms with Crippen LogP contribution in [0.1, 0.15) is 11.5 Å². The Morgan fingerprint density at radius 3 is 2.75 bits per heavy atom. The molecule has 0 N–H and O–H groups in total. The van der Waals surface area contributed by atoms with Crippen molar-refractivity contribution < 1.29 is 0 Å². The highest BCUT2D eigenvalue weighted by atomic mass is 127. The zero-order valence-electron chi connectivity index (χ0n) is 8.61. The summed E-state index contributed by atoms with van der Waals surface area (Å²) < 4.78 is 1.14. The summed E-state index contributed by atoms with van der Waals surface area (Å²) in [6, 6.07) is 11.7. The van der Waals surface area contributed by atoms with E-state index in [0.29, 0.717) is 11.5 Å². The number of nitriles is 1. The minimum atomic E-state index is 0.404. The van der Waals surface area contributed by atoms with Crippen LogP contribution in [0.3, 0.4) is 0 Å². The molecule has 0 spiro atoms. The highest BCUT2D eigenvalue weighted by molar-refractivity contribution is 14.1. The molecule has 0 atom stereocenters. The number of aromatic nitrogens is 2. The van der Waals surface area contributed by atoms with Crippen LogP contribution >= 0.6 is 22.6 Å². The zero-order chi connectivity index (χ0) is 11.5. The van der Waals surface area contributed by atoms with Crippen LogP contribution < -0.4 is 0 Å². The van der Waals surface area contributed by atoms with Gasteiger partial charge in [0.1, 0.15) is 17.6 Å². The topological polar surface area (TPSA) is 49.6 Å². The lowest BCUT2D eigenvalue weighted by Gasteiger charge is -2.02. The number of hydrogen-bond acceptors (Lipinski definition) is 3. The van der Waals surface area contributed by atoms with Crippen LogP contribution in [0.15, 0.2) is 30.3 Å². The van der Waals surface area contributed by atoms with Gasteiger partial charge in [-0.25, -0.2) is 9.97 Å². The molecule has 0 aliphatic carbocycles. The van der Waals surface area contributed by atoms with Crippen LogP contribution in [0.2, 0.25) is 0 Å². The van der Waals surface area contributed by atoms with Crippen molar-refractivity contribution in [3.63, 3.8) is 0 Å².